The highest BCUT2D eigenvalue weighted by Gasteiger charge is 2.11. The predicted molar refractivity (Wildman–Crippen MR) is 122 cm³/mol. The molecular formula is C21H22N6OS2. The molecule has 0 bridgehead atoms. The van der Waals surface area contributed by atoms with Crippen molar-refractivity contribution in [3.05, 3.63) is 58.0 Å². The molecule has 4 aromatic rings. The third kappa shape index (κ3) is 5.17. The quantitative estimate of drug-likeness (QED) is 0.378. The minimum atomic E-state index is -0.0781. The molecule has 0 unspecified atom stereocenters. The molecule has 0 saturated carbocycles. The molecule has 30 heavy (non-hydrogen) atoms. The van der Waals surface area contributed by atoms with E-state index in [1.165, 1.54) is 11.3 Å². The summed E-state index contributed by atoms with van der Waals surface area (Å²) in [5.41, 5.74) is 1.01. The van der Waals surface area contributed by atoms with Gasteiger partial charge in [-0.2, -0.15) is 0 Å². The van der Waals surface area contributed by atoms with Crippen molar-refractivity contribution in [2.24, 2.45) is 0 Å². The molecule has 0 aliphatic heterocycles. The van der Waals surface area contributed by atoms with Crippen LogP contribution in [0.1, 0.15) is 28.4 Å². The number of anilines is 2. The van der Waals surface area contributed by atoms with Gasteiger partial charge in [-0.15, -0.1) is 20.4 Å². The highest BCUT2D eigenvalue weighted by molar-refractivity contribution is 7.15. The Morgan fingerprint density at radius 3 is 2.27 bits per heavy atom. The molecule has 0 fully saturated rings. The SMILES string of the molecule is CNc1nnc(CCCCc2nnc(NC(=O)Cc3cccc4ccccc34)s2)s1. The minimum absolute atomic E-state index is 0.0781. The number of aromatic nitrogens is 4. The second kappa shape index (κ2) is 9.73. The lowest BCUT2D eigenvalue weighted by Crippen LogP contribution is -2.14. The van der Waals surface area contributed by atoms with Crippen molar-refractivity contribution < 1.29 is 4.79 Å². The van der Waals surface area contributed by atoms with Gasteiger partial charge in [-0.25, -0.2) is 0 Å². The highest BCUT2D eigenvalue weighted by Crippen LogP contribution is 2.22. The normalized spacial score (nSPS) is 11.0. The first kappa shape index (κ1) is 20.4. The molecule has 2 heterocycles. The summed E-state index contributed by atoms with van der Waals surface area (Å²) >= 11 is 3.02. The van der Waals surface area contributed by atoms with E-state index >= 15 is 0 Å². The van der Waals surface area contributed by atoms with Crippen LogP contribution in [-0.4, -0.2) is 33.3 Å². The first-order chi connectivity index (χ1) is 14.7. The van der Waals surface area contributed by atoms with E-state index in [0.29, 0.717) is 11.6 Å². The second-order valence-electron chi connectivity index (χ2n) is 6.82. The van der Waals surface area contributed by atoms with Crippen molar-refractivity contribution in [1.29, 1.82) is 0 Å². The molecule has 2 aromatic heterocycles. The van der Waals surface area contributed by atoms with E-state index in [4.69, 9.17) is 0 Å². The predicted octanol–water partition coefficient (Wildman–Crippen LogP) is 4.33. The van der Waals surface area contributed by atoms with Gasteiger partial charge in [0.25, 0.3) is 0 Å². The Hall–Kier alpha value is -2.91. The van der Waals surface area contributed by atoms with Crippen LogP contribution >= 0.6 is 22.7 Å². The van der Waals surface area contributed by atoms with E-state index in [-0.39, 0.29) is 5.91 Å². The van der Waals surface area contributed by atoms with Gasteiger partial charge < -0.3 is 10.6 Å². The number of amides is 1. The van der Waals surface area contributed by atoms with Gasteiger partial charge in [0, 0.05) is 19.9 Å². The molecular weight excluding hydrogens is 416 g/mol. The summed E-state index contributed by atoms with van der Waals surface area (Å²) in [6.45, 7) is 0. The number of hydrogen-bond donors (Lipinski definition) is 2. The van der Waals surface area contributed by atoms with Crippen molar-refractivity contribution >= 4 is 49.6 Å². The monoisotopic (exact) mass is 438 g/mol. The zero-order chi connectivity index (χ0) is 20.8. The second-order valence-corrected chi connectivity index (χ2v) is 8.95. The maximum atomic E-state index is 12.5. The zero-order valence-corrected chi connectivity index (χ0v) is 18.2. The number of fused-ring (bicyclic) bond motifs is 1. The highest BCUT2D eigenvalue weighted by atomic mass is 32.1. The maximum Gasteiger partial charge on any atom is 0.230 e. The molecule has 0 radical (unpaired) electrons. The first-order valence-electron chi connectivity index (χ1n) is 9.80. The number of benzene rings is 2. The number of hydrogen-bond acceptors (Lipinski definition) is 8. The Bertz CT molecular complexity index is 1130. The largest absolute Gasteiger partial charge is 0.363 e. The summed E-state index contributed by atoms with van der Waals surface area (Å²) in [6, 6.07) is 14.1. The number of nitrogens with zero attached hydrogens (tertiary/aromatic N) is 4. The Labute approximate surface area is 182 Å². The molecule has 4 rings (SSSR count). The van der Waals surface area contributed by atoms with E-state index in [1.54, 1.807) is 11.3 Å². The summed E-state index contributed by atoms with van der Waals surface area (Å²) in [5, 5.41) is 28.0. The molecule has 1 amide bonds. The number of nitrogens with one attached hydrogen (secondary N) is 2. The molecule has 154 valence electrons. The average molecular weight is 439 g/mol. The van der Waals surface area contributed by atoms with Gasteiger partial charge in [-0.05, 0) is 29.2 Å². The molecule has 2 N–H and O–H groups in total. The van der Waals surface area contributed by atoms with Crippen LogP contribution in [0.2, 0.25) is 0 Å². The smallest absolute Gasteiger partial charge is 0.230 e. The Morgan fingerprint density at radius 1 is 0.867 bits per heavy atom. The Kier molecular flexibility index (Phi) is 6.60. The van der Waals surface area contributed by atoms with Gasteiger partial charge in [0.05, 0.1) is 6.42 Å². The van der Waals surface area contributed by atoms with E-state index in [9.17, 15) is 4.79 Å². The van der Waals surface area contributed by atoms with Crippen molar-refractivity contribution in [2.45, 2.75) is 32.1 Å². The van der Waals surface area contributed by atoms with Crippen molar-refractivity contribution in [3.63, 3.8) is 0 Å². The fourth-order valence-corrected chi connectivity index (χ4v) is 4.73. The molecule has 0 saturated heterocycles. The summed E-state index contributed by atoms with van der Waals surface area (Å²) < 4.78 is 0. The van der Waals surface area contributed by atoms with Gasteiger partial charge >= 0.3 is 0 Å². The number of carbonyl (C=O) groups excluding carboxylic acids is 1. The van der Waals surface area contributed by atoms with Crippen LogP contribution in [0.4, 0.5) is 10.3 Å². The third-order valence-electron chi connectivity index (χ3n) is 4.66. The molecule has 0 aliphatic rings. The van der Waals surface area contributed by atoms with E-state index in [2.05, 4.69) is 43.2 Å². The summed E-state index contributed by atoms with van der Waals surface area (Å²) in [6.07, 6.45) is 4.07. The molecule has 2 aromatic carbocycles. The van der Waals surface area contributed by atoms with Gasteiger partial charge in [0.15, 0.2) is 0 Å². The fourth-order valence-electron chi connectivity index (χ4n) is 3.20. The maximum absolute atomic E-state index is 12.5. The standard InChI is InChI=1S/C21H22N6OS2/c1-22-20-26-24-18(29-20)11-4-5-12-19-25-27-21(30-19)23-17(28)13-15-9-6-8-14-7-2-3-10-16(14)15/h2-3,6-10H,4-5,11-13H2,1H3,(H,22,26)(H,23,27,28). The van der Waals surface area contributed by atoms with Gasteiger partial charge in [0.2, 0.25) is 16.2 Å². The van der Waals surface area contributed by atoms with Crippen molar-refractivity contribution in [3.8, 4) is 0 Å². The van der Waals surface area contributed by atoms with E-state index in [0.717, 1.165) is 57.2 Å². The Balaban J connectivity index is 1.26. The van der Waals surface area contributed by atoms with Gasteiger partial charge in [-0.3, -0.25) is 4.79 Å². The minimum Gasteiger partial charge on any atom is -0.363 e. The molecule has 7 nitrogen and oxygen atoms in total. The average Bonchev–Trinajstić information content (AvgIpc) is 3.41. The van der Waals surface area contributed by atoms with Crippen molar-refractivity contribution in [2.75, 3.05) is 17.7 Å². The molecule has 0 spiro atoms. The lowest BCUT2D eigenvalue weighted by Gasteiger charge is -2.06. The lowest BCUT2D eigenvalue weighted by atomic mass is 10.0. The van der Waals surface area contributed by atoms with Crippen LogP contribution in [0.5, 0.6) is 0 Å². The summed E-state index contributed by atoms with van der Waals surface area (Å²) in [5.74, 6) is -0.0781. The van der Waals surface area contributed by atoms with Gasteiger partial charge in [0.1, 0.15) is 10.0 Å². The van der Waals surface area contributed by atoms with Crippen LogP contribution in [0.3, 0.4) is 0 Å². The van der Waals surface area contributed by atoms with Gasteiger partial charge in [-0.1, -0.05) is 65.1 Å². The zero-order valence-electron chi connectivity index (χ0n) is 16.6. The molecule has 9 heteroatoms. The fraction of sp³-hybridized carbons (Fsp3) is 0.286. The van der Waals surface area contributed by atoms with E-state index in [1.807, 2.05) is 37.4 Å². The van der Waals surface area contributed by atoms with Crippen LogP contribution in [-0.2, 0) is 24.1 Å². The number of carbonyl (C=O) groups is 1. The van der Waals surface area contributed by atoms with E-state index < -0.39 is 0 Å². The third-order valence-corrected chi connectivity index (χ3v) is 6.56. The first-order valence-corrected chi connectivity index (χ1v) is 11.4. The summed E-state index contributed by atoms with van der Waals surface area (Å²) in [4.78, 5) is 12.5. The van der Waals surface area contributed by atoms with Crippen molar-refractivity contribution in [1.82, 2.24) is 20.4 Å². The van der Waals surface area contributed by atoms with Crippen LogP contribution < -0.4 is 10.6 Å². The summed E-state index contributed by atoms with van der Waals surface area (Å²) in [7, 11) is 1.85. The number of aryl methyl sites for hydroxylation is 2. The van der Waals surface area contributed by atoms with Crippen LogP contribution in [0.25, 0.3) is 10.8 Å². The molecule has 0 atom stereocenters. The lowest BCUT2D eigenvalue weighted by molar-refractivity contribution is -0.115. The van der Waals surface area contributed by atoms with Crippen LogP contribution in [0.15, 0.2) is 42.5 Å². The number of unbranched alkanes of at least 4 members (excludes halogenated alkanes) is 1. The number of rotatable bonds is 9. The molecule has 0 aliphatic carbocycles. The topological polar surface area (TPSA) is 92.7 Å². The Morgan fingerprint density at radius 2 is 1.53 bits per heavy atom. The van der Waals surface area contributed by atoms with Crippen LogP contribution in [0, 0.1) is 0 Å².